The van der Waals surface area contributed by atoms with E-state index in [0.29, 0.717) is 0 Å². The van der Waals surface area contributed by atoms with Crippen molar-refractivity contribution in [2.45, 2.75) is 0 Å². The summed E-state index contributed by atoms with van der Waals surface area (Å²) < 4.78 is 13.2. The fraction of sp³-hybridized carbons (Fsp3) is 0.500. The highest BCUT2D eigenvalue weighted by molar-refractivity contribution is 7.78. The molecule has 2 nitrogen and oxygen atoms in total. The third kappa shape index (κ3) is 4.03. The fourth-order valence-corrected chi connectivity index (χ4v) is 0.578. The van der Waals surface area contributed by atoms with E-state index < -0.39 is 7.95 Å². The van der Waals surface area contributed by atoms with Gasteiger partial charge in [0, 0.05) is 6.66 Å². The van der Waals surface area contributed by atoms with Crippen LogP contribution in [-0.2, 0) is 4.57 Å². The van der Waals surface area contributed by atoms with Crippen molar-refractivity contribution in [1.29, 1.82) is 0 Å². The van der Waals surface area contributed by atoms with E-state index in [1.807, 2.05) is 5.16 Å². The minimum absolute atomic E-state index is 1.50. The van der Waals surface area contributed by atoms with E-state index in [-0.39, 0.29) is 0 Å². The van der Waals surface area contributed by atoms with Crippen molar-refractivity contribution < 1.29 is 4.57 Å². The number of nitrogens with zero attached hydrogens (tertiary/aromatic N) is 1. The van der Waals surface area contributed by atoms with Crippen molar-refractivity contribution in [2.24, 2.45) is 4.76 Å². The quantitative estimate of drug-likeness (QED) is 0.296. The molecule has 0 N–H and O–H groups in total. The Kier molecular flexibility index (Phi) is 3.24. The van der Waals surface area contributed by atoms with Crippen molar-refractivity contribution in [3.63, 3.8) is 0 Å². The van der Waals surface area contributed by atoms with Crippen LogP contribution in [0.2, 0.25) is 0 Å². The molecule has 0 fully saturated rings. The Hall–Kier alpha value is 0.0300. The monoisotopic (exact) mass is 121 g/mol. The van der Waals surface area contributed by atoms with Gasteiger partial charge in [0.1, 0.15) is 0 Å². The predicted molar refractivity (Wildman–Crippen MR) is 30.0 cm³/mol. The molecule has 0 bridgehead atoms. The summed E-state index contributed by atoms with van der Waals surface area (Å²) in [7, 11) is -1.73. The van der Waals surface area contributed by atoms with E-state index in [4.69, 9.17) is 0 Å². The maximum Gasteiger partial charge on any atom is 0.185 e. The van der Waals surface area contributed by atoms with Crippen LogP contribution in [0.4, 0.5) is 0 Å². The largest absolute Gasteiger partial charge is 0.301 e. The van der Waals surface area contributed by atoms with Crippen LogP contribution < -0.4 is 0 Å². The van der Waals surface area contributed by atoms with Crippen LogP contribution >= 0.6 is 20.2 Å². The van der Waals surface area contributed by atoms with Crippen LogP contribution in [0.15, 0.2) is 4.76 Å². The molecule has 4 heteroatoms. The standard InChI is InChI=1S/C2H4NOPS/c1-5(4)3-2-6/h5H,1H3. The summed E-state index contributed by atoms with van der Waals surface area (Å²) >= 11 is 4.14. The summed E-state index contributed by atoms with van der Waals surface area (Å²) in [4.78, 5) is 0. The summed E-state index contributed by atoms with van der Waals surface area (Å²) in [5.41, 5.74) is 0. The Morgan fingerprint density at radius 3 is 2.50 bits per heavy atom. The Bertz CT molecular complexity index is 106. The van der Waals surface area contributed by atoms with E-state index in [1.54, 1.807) is 0 Å². The van der Waals surface area contributed by atoms with E-state index >= 15 is 0 Å². The van der Waals surface area contributed by atoms with Crippen molar-refractivity contribution in [1.82, 2.24) is 0 Å². The van der Waals surface area contributed by atoms with Gasteiger partial charge in [-0.3, -0.25) is 0 Å². The van der Waals surface area contributed by atoms with E-state index in [2.05, 4.69) is 17.0 Å². The molecule has 34 valence electrons. The minimum Gasteiger partial charge on any atom is -0.301 e. The number of thiocarbonyl (C=S) groups is 1. The number of hydrogen-bond donors (Lipinski definition) is 0. The lowest BCUT2D eigenvalue weighted by molar-refractivity contribution is 0.592. The van der Waals surface area contributed by atoms with Crippen molar-refractivity contribution in [2.75, 3.05) is 6.66 Å². The minimum atomic E-state index is -1.73. The van der Waals surface area contributed by atoms with Gasteiger partial charge in [-0.2, -0.15) is 4.76 Å². The van der Waals surface area contributed by atoms with Gasteiger partial charge in [0.2, 0.25) is 0 Å². The average molecular weight is 121 g/mol. The van der Waals surface area contributed by atoms with Crippen LogP contribution in [0.3, 0.4) is 0 Å². The summed E-state index contributed by atoms with van der Waals surface area (Å²) in [6.07, 6.45) is 0. The van der Waals surface area contributed by atoms with E-state index in [0.717, 1.165) is 0 Å². The van der Waals surface area contributed by atoms with Gasteiger partial charge in [-0.05, 0) is 12.2 Å². The molecule has 0 saturated carbocycles. The number of rotatable bonds is 1. The van der Waals surface area contributed by atoms with Crippen LogP contribution in [-0.4, -0.2) is 11.8 Å². The first kappa shape index (κ1) is 6.03. The molecule has 0 amide bonds. The molecule has 0 rings (SSSR count). The summed E-state index contributed by atoms with van der Waals surface area (Å²) in [6.45, 7) is 1.50. The highest BCUT2D eigenvalue weighted by Crippen LogP contribution is 2.11. The second-order valence-electron chi connectivity index (χ2n) is 0.722. The second-order valence-corrected chi connectivity index (χ2v) is 2.17. The molecule has 6 heavy (non-hydrogen) atoms. The lowest BCUT2D eigenvalue weighted by Crippen LogP contribution is -1.39. The molecule has 0 aliphatic carbocycles. The van der Waals surface area contributed by atoms with Crippen LogP contribution in [0.5, 0.6) is 0 Å². The van der Waals surface area contributed by atoms with E-state index in [9.17, 15) is 4.57 Å². The first-order valence-corrected chi connectivity index (χ1v) is 3.62. The zero-order valence-corrected chi connectivity index (χ0v) is 5.08. The third-order valence-corrected chi connectivity index (χ3v) is 0.883. The average Bonchev–Trinajstić information content (AvgIpc) is 1.35. The molecule has 0 aliphatic rings. The molecule has 1 atom stereocenters. The maximum atomic E-state index is 9.93. The molecular weight excluding hydrogens is 117 g/mol. The highest BCUT2D eigenvalue weighted by atomic mass is 32.1. The Morgan fingerprint density at radius 2 is 2.50 bits per heavy atom. The van der Waals surface area contributed by atoms with Gasteiger partial charge in [-0.25, -0.2) is 0 Å². The van der Waals surface area contributed by atoms with Crippen LogP contribution in [0.25, 0.3) is 0 Å². The van der Waals surface area contributed by atoms with Gasteiger partial charge in [0.05, 0.1) is 5.16 Å². The Morgan fingerprint density at radius 1 is 2.00 bits per heavy atom. The van der Waals surface area contributed by atoms with Gasteiger partial charge >= 0.3 is 0 Å². The SMILES string of the molecule is C[PH](=O)N=C=S. The van der Waals surface area contributed by atoms with Crippen molar-refractivity contribution in [3.8, 4) is 0 Å². The number of hydrogen-bond acceptors (Lipinski definition) is 2. The molecule has 0 radical (unpaired) electrons. The molecule has 0 saturated heterocycles. The van der Waals surface area contributed by atoms with Crippen molar-refractivity contribution >= 4 is 25.3 Å². The Labute approximate surface area is 42.1 Å². The zero-order valence-electron chi connectivity index (χ0n) is 3.26. The smallest absolute Gasteiger partial charge is 0.185 e. The fourth-order valence-electron chi connectivity index (χ4n) is 0.0643. The van der Waals surface area contributed by atoms with Gasteiger partial charge in [0.15, 0.2) is 7.95 Å². The molecule has 0 aliphatic heterocycles. The summed E-state index contributed by atoms with van der Waals surface area (Å²) in [5, 5.41) is 2.01. The first-order chi connectivity index (χ1) is 2.77. The van der Waals surface area contributed by atoms with Gasteiger partial charge in [0.25, 0.3) is 0 Å². The highest BCUT2D eigenvalue weighted by Gasteiger charge is 1.70. The van der Waals surface area contributed by atoms with E-state index in [1.165, 1.54) is 6.66 Å². The molecule has 0 heterocycles. The molecular formula is C2H4NOPS. The topological polar surface area (TPSA) is 29.4 Å². The van der Waals surface area contributed by atoms with Crippen molar-refractivity contribution in [3.05, 3.63) is 0 Å². The normalized spacial score (nSPS) is 12.2. The predicted octanol–water partition coefficient (Wildman–Crippen LogP) is 1.19. The first-order valence-electron chi connectivity index (χ1n) is 1.36. The number of isothiocyanates is 1. The molecule has 1 unspecified atom stereocenters. The molecule has 0 spiro atoms. The summed E-state index contributed by atoms with van der Waals surface area (Å²) in [5.74, 6) is 0. The van der Waals surface area contributed by atoms with Gasteiger partial charge in [-0.1, -0.05) is 0 Å². The summed E-state index contributed by atoms with van der Waals surface area (Å²) in [6, 6.07) is 0. The lowest BCUT2D eigenvalue weighted by atomic mass is 11.8. The second kappa shape index (κ2) is 3.23. The molecule has 0 aromatic heterocycles. The lowest BCUT2D eigenvalue weighted by Gasteiger charge is -1.66. The maximum absolute atomic E-state index is 9.93. The molecule has 0 aromatic rings. The Balaban J connectivity index is 3.60. The van der Waals surface area contributed by atoms with Gasteiger partial charge < -0.3 is 4.57 Å². The van der Waals surface area contributed by atoms with Gasteiger partial charge in [-0.15, -0.1) is 0 Å². The zero-order chi connectivity index (χ0) is 4.99. The van der Waals surface area contributed by atoms with Crippen LogP contribution in [0.1, 0.15) is 0 Å². The van der Waals surface area contributed by atoms with Crippen LogP contribution in [0, 0.1) is 0 Å². The third-order valence-electron chi connectivity index (χ3n) is 0.203. The molecule has 0 aromatic carbocycles.